The quantitative estimate of drug-likeness (QED) is 0.307. The predicted molar refractivity (Wildman–Crippen MR) is 138 cm³/mol. The fourth-order valence-electron chi connectivity index (χ4n) is 5.15. The molecule has 3 aromatic carbocycles. The Balaban J connectivity index is 1.36. The minimum Gasteiger partial charge on any atom is -0.494 e. The van der Waals surface area contributed by atoms with E-state index in [1.807, 2.05) is 72.8 Å². The standard InChI is InChI=1S/C30H34O6/c31-26(12-7-19-35-25-10-5-2-6-11-25)29-27(17-18-30(29,34)20-28(32)33)36-21-22-13-15-24(16-14-22)23-8-3-1-4-9-23/h1-6,8-11,13-16,26-27,29,31,34H,7,12,17-21H2,(H,32,33)/t26-,27+,29-,30-/m1/s1. The molecule has 0 aromatic heterocycles. The molecule has 1 aliphatic carbocycles. The Morgan fingerprint density at radius 2 is 1.58 bits per heavy atom. The van der Waals surface area contributed by atoms with Crippen LogP contribution < -0.4 is 4.74 Å². The van der Waals surface area contributed by atoms with Crippen molar-refractivity contribution < 1.29 is 29.6 Å². The van der Waals surface area contributed by atoms with E-state index in [1.165, 1.54) is 0 Å². The SMILES string of the molecule is O=C(O)C[C@]1(O)CC[C@H](OCc2ccc(-c3ccccc3)cc2)[C@H]1[C@H](O)CCCOc1ccccc1. The van der Waals surface area contributed by atoms with Crippen molar-refractivity contribution in [2.75, 3.05) is 6.61 Å². The van der Waals surface area contributed by atoms with Crippen LogP contribution in [0.2, 0.25) is 0 Å². The molecule has 0 spiro atoms. The number of carboxylic acids is 1. The largest absolute Gasteiger partial charge is 0.494 e. The molecule has 6 heteroatoms. The number of para-hydroxylation sites is 1. The lowest BCUT2D eigenvalue weighted by Crippen LogP contribution is -2.46. The van der Waals surface area contributed by atoms with Gasteiger partial charge < -0.3 is 24.8 Å². The van der Waals surface area contributed by atoms with E-state index in [0.29, 0.717) is 32.5 Å². The Bertz CT molecular complexity index is 1090. The van der Waals surface area contributed by atoms with Gasteiger partial charge in [-0.05, 0) is 54.5 Å². The molecule has 4 rings (SSSR count). The van der Waals surface area contributed by atoms with Gasteiger partial charge >= 0.3 is 5.97 Å². The van der Waals surface area contributed by atoms with Crippen molar-refractivity contribution in [3.05, 3.63) is 90.5 Å². The second-order valence-corrected chi connectivity index (χ2v) is 9.52. The normalized spacial score (nSPS) is 22.3. The number of hydrogen-bond donors (Lipinski definition) is 3. The monoisotopic (exact) mass is 490 g/mol. The van der Waals surface area contributed by atoms with Gasteiger partial charge in [-0.15, -0.1) is 0 Å². The van der Waals surface area contributed by atoms with Gasteiger partial charge in [0.05, 0.1) is 37.4 Å². The van der Waals surface area contributed by atoms with E-state index in [-0.39, 0.29) is 6.42 Å². The highest BCUT2D eigenvalue weighted by atomic mass is 16.5. The number of ether oxygens (including phenoxy) is 2. The molecule has 0 amide bonds. The van der Waals surface area contributed by atoms with Crippen LogP contribution in [0.1, 0.15) is 37.7 Å². The van der Waals surface area contributed by atoms with Crippen LogP contribution in [0.25, 0.3) is 11.1 Å². The van der Waals surface area contributed by atoms with Crippen molar-refractivity contribution in [3.8, 4) is 16.9 Å². The average molecular weight is 491 g/mol. The highest BCUT2D eigenvalue weighted by Crippen LogP contribution is 2.43. The van der Waals surface area contributed by atoms with Crippen molar-refractivity contribution in [1.82, 2.24) is 0 Å². The first kappa shape index (κ1) is 25.9. The number of aliphatic hydroxyl groups excluding tert-OH is 1. The summed E-state index contributed by atoms with van der Waals surface area (Å²) >= 11 is 0. The Kier molecular flexibility index (Phi) is 8.75. The molecule has 4 atom stereocenters. The molecule has 0 radical (unpaired) electrons. The van der Waals surface area contributed by atoms with Gasteiger partial charge in [0.1, 0.15) is 5.75 Å². The lowest BCUT2D eigenvalue weighted by Gasteiger charge is -2.35. The van der Waals surface area contributed by atoms with E-state index in [9.17, 15) is 20.1 Å². The number of carbonyl (C=O) groups is 1. The van der Waals surface area contributed by atoms with Crippen LogP contribution in [-0.4, -0.2) is 45.7 Å². The lowest BCUT2D eigenvalue weighted by molar-refractivity contribution is -0.150. The van der Waals surface area contributed by atoms with Crippen LogP contribution in [-0.2, 0) is 16.1 Å². The van der Waals surface area contributed by atoms with Gasteiger partial charge in [-0.2, -0.15) is 0 Å². The van der Waals surface area contributed by atoms with Crippen LogP contribution >= 0.6 is 0 Å². The first-order valence-corrected chi connectivity index (χ1v) is 12.5. The summed E-state index contributed by atoms with van der Waals surface area (Å²) in [4.78, 5) is 11.5. The fraction of sp³-hybridized carbons (Fsp3) is 0.367. The fourth-order valence-corrected chi connectivity index (χ4v) is 5.15. The predicted octanol–water partition coefficient (Wildman–Crippen LogP) is 5.07. The van der Waals surface area contributed by atoms with Crippen LogP contribution in [0.5, 0.6) is 5.75 Å². The molecular weight excluding hydrogens is 456 g/mol. The summed E-state index contributed by atoms with van der Waals surface area (Å²) in [5, 5.41) is 31.6. The first-order chi connectivity index (χ1) is 17.4. The third-order valence-corrected chi connectivity index (χ3v) is 6.94. The topological polar surface area (TPSA) is 96.2 Å². The van der Waals surface area contributed by atoms with Crippen molar-refractivity contribution in [2.24, 2.45) is 5.92 Å². The van der Waals surface area contributed by atoms with E-state index in [0.717, 1.165) is 22.4 Å². The van der Waals surface area contributed by atoms with Crippen molar-refractivity contribution >= 4 is 5.97 Å². The summed E-state index contributed by atoms with van der Waals surface area (Å²) in [5.74, 6) is -1.01. The van der Waals surface area contributed by atoms with E-state index < -0.39 is 36.1 Å². The number of hydrogen-bond acceptors (Lipinski definition) is 5. The van der Waals surface area contributed by atoms with Gasteiger partial charge in [-0.1, -0.05) is 72.8 Å². The van der Waals surface area contributed by atoms with Gasteiger partial charge in [0.25, 0.3) is 0 Å². The van der Waals surface area contributed by atoms with Gasteiger partial charge in [0.2, 0.25) is 0 Å². The molecule has 6 nitrogen and oxygen atoms in total. The molecule has 36 heavy (non-hydrogen) atoms. The summed E-state index contributed by atoms with van der Waals surface area (Å²) in [6, 6.07) is 27.7. The number of aliphatic carboxylic acids is 1. The highest BCUT2D eigenvalue weighted by Gasteiger charge is 2.52. The third-order valence-electron chi connectivity index (χ3n) is 6.94. The molecule has 1 saturated carbocycles. The molecule has 3 aromatic rings. The van der Waals surface area contributed by atoms with Gasteiger partial charge in [-0.3, -0.25) is 4.79 Å². The second-order valence-electron chi connectivity index (χ2n) is 9.52. The minimum absolute atomic E-state index is 0.277. The first-order valence-electron chi connectivity index (χ1n) is 12.5. The molecule has 190 valence electrons. The number of rotatable bonds is 12. The number of benzene rings is 3. The zero-order chi connectivity index (χ0) is 25.4. The van der Waals surface area contributed by atoms with Crippen molar-refractivity contribution in [2.45, 2.75) is 56.5 Å². The summed E-state index contributed by atoms with van der Waals surface area (Å²) in [5.41, 5.74) is 1.72. The van der Waals surface area contributed by atoms with Gasteiger partial charge in [0, 0.05) is 5.92 Å². The van der Waals surface area contributed by atoms with E-state index in [4.69, 9.17) is 9.47 Å². The zero-order valence-electron chi connectivity index (χ0n) is 20.3. The lowest BCUT2D eigenvalue weighted by atomic mass is 9.81. The average Bonchev–Trinajstić information content (AvgIpc) is 3.21. The smallest absolute Gasteiger partial charge is 0.306 e. The number of aliphatic hydroxyl groups is 2. The van der Waals surface area contributed by atoms with Crippen molar-refractivity contribution in [3.63, 3.8) is 0 Å². The van der Waals surface area contributed by atoms with Crippen LogP contribution in [0, 0.1) is 5.92 Å². The highest BCUT2D eigenvalue weighted by molar-refractivity contribution is 5.68. The minimum atomic E-state index is -1.51. The van der Waals surface area contributed by atoms with Gasteiger partial charge in [0.15, 0.2) is 0 Å². The van der Waals surface area contributed by atoms with E-state index in [1.54, 1.807) is 0 Å². The molecule has 0 aliphatic heterocycles. The number of carboxylic acid groups (broad SMARTS) is 1. The second kappa shape index (κ2) is 12.2. The Morgan fingerprint density at radius 3 is 2.25 bits per heavy atom. The van der Waals surface area contributed by atoms with Crippen LogP contribution in [0.4, 0.5) is 0 Å². The zero-order valence-corrected chi connectivity index (χ0v) is 20.3. The molecule has 3 N–H and O–H groups in total. The summed E-state index contributed by atoms with van der Waals surface area (Å²) in [6.07, 6.45) is -0.0300. The molecular formula is C30H34O6. The van der Waals surface area contributed by atoms with Gasteiger partial charge in [-0.25, -0.2) is 0 Å². The Labute approximate surface area is 212 Å². The maximum absolute atomic E-state index is 11.5. The molecule has 0 unspecified atom stereocenters. The van der Waals surface area contributed by atoms with Crippen LogP contribution in [0.15, 0.2) is 84.9 Å². The molecule has 1 aliphatic rings. The Hall–Kier alpha value is -3.19. The molecule has 0 bridgehead atoms. The van der Waals surface area contributed by atoms with Crippen LogP contribution in [0.3, 0.4) is 0 Å². The maximum atomic E-state index is 11.5. The molecule has 0 saturated heterocycles. The molecule has 0 heterocycles. The summed E-state index contributed by atoms with van der Waals surface area (Å²) in [6.45, 7) is 0.744. The maximum Gasteiger partial charge on any atom is 0.306 e. The van der Waals surface area contributed by atoms with Crippen molar-refractivity contribution in [1.29, 1.82) is 0 Å². The van der Waals surface area contributed by atoms with E-state index >= 15 is 0 Å². The molecule has 1 fully saturated rings. The summed E-state index contributed by atoms with van der Waals surface area (Å²) < 4.78 is 11.9. The van der Waals surface area contributed by atoms with E-state index in [2.05, 4.69) is 12.1 Å². The Morgan fingerprint density at radius 1 is 0.944 bits per heavy atom. The third kappa shape index (κ3) is 6.72. The summed E-state index contributed by atoms with van der Waals surface area (Å²) in [7, 11) is 0.